The maximum Gasteiger partial charge on any atom is 0.315 e. The quantitative estimate of drug-likeness (QED) is 0.794. The van der Waals surface area contributed by atoms with Crippen molar-refractivity contribution in [1.29, 1.82) is 0 Å². The Kier molecular flexibility index (Phi) is 4.92. The van der Waals surface area contributed by atoms with Crippen molar-refractivity contribution in [1.82, 2.24) is 5.32 Å². The van der Waals surface area contributed by atoms with E-state index in [1.807, 2.05) is 26.0 Å². The zero-order valence-corrected chi connectivity index (χ0v) is 11.6. The van der Waals surface area contributed by atoms with Crippen molar-refractivity contribution in [3.8, 4) is 5.75 Å². The summed E-state index contributed by atoms with van der Waals surface area (Å²) in [5, 5.41) is 11.4. The summed E-state index contributed by atoms with van der Waals surface area (Å²) < 4.78 is 5.21. The van der Waals surface area contributed by atoms with Crippen LogP contribution in [0.4, 0.5) is 0 Å². The summed E-state index contributed by atoms with van der Waals surface area (Å²) >= 11 is 0. The minimum atomic E-state index is -1.12. The summed E-state index contributed by atoms with van der Waals surface area (Å²) in [4.78, 5) is 22.2. The van der Waals surface area contributed by atoms with Crippen molar-refractivity contribution in [2.45, 2.75) is 27.3 Å². The van der Waals surface area contributed by atoms with E-state index in [0.717, 1.165) is 22.4 Å². The Bertz CT molecular complexity index is 496. The summed E-state index contributed by atoms with van der Waals surface area (Å²) in [6, 6.07) is 3.83. The average Bonchev–Trinajstić information content (AvgIpc) is 2.37. The van der Waals surface area contributed by atoms with Gasteiger partial charge in [0.1, 0.15) is 11.7 Å². The summed E-state index contributed by atoms with van der Waals surface area (Å²) in [5.41, 5.74) is 2.92. The molecule has 1 aromatic carbocycles. The van der Waals surface area contributed by atoms with Crippen LogP contribution in [0.3, 0.4) is 0 Å². The van der Waals surface area contributed by atoms with Gasteiger partial charge < -0.3 is 15.2 Å². The molecule has 19 heavy (non-hydrogen) atoms. The number of nitrogens with one attached hydrogen (secondary N) is 1. The minimum absolute atomic E-state index is 0.313. The van der Waals surface area contributed by atoms with Gasteiger partial charge in [-0.3, -0.25) is 9.59 Å². The summed E-state index contributed by atoms with van der Waals surface area (Å²) in [5.74, 6) is -1.85. The Hall–Kier alpha value is -2.04. The number of ether oxygens (including phenoxy) is 1. The molecule has 1 unspecified atom stereocenters. The topological polar surface area (TPSA) is 75.6 Å². The molecule has 0 heterocycles. The second-order valence-corrected chi connectivity index (χ2v) is 4.53. The number of benzene rings is 1. The van der Waals surface area contributed by atoms with Gasteiger partial charge in [-0.25, -0.2) is 0 Å². The molecule has 1 amide bonds. The van der Waals surface area contributed by atoms with E-state index in [0.29, 0.717) is 6.54 Å². The predicted molar refractivity (Wildman–Crippen MR) is 71.1 cm³/mol. The third kappa shape index (κ3) is 3.71. The molecule has 0 aliphatic rings. The van der Waals surface area contributed by atoms with Crippen LogP contribution in [0, 0.1) is 19.8 Å². The first-order valence-electron chi connectivity index (χ1n) is 6.01. The van der Waals surface area contributed by atoms with E-state index in [1.54, 1.807) is 7.11 Å². The lowest BCUT2D eigenvalue weighted by molar-refractivity contribution is -0.146. The fraction of sp³-hybridized carbons (Fsp3) is 0.429. The number of carbonyl (C=O) groups is 2. The Morgan fingerprint density at radius 1 is 1.32 bits per heavy atom. The number of carboxylic acid groups (broad SMARTS) is 1. The number of amides is 1. The van der Waals surface area contributed by atoms with Crippen LogP contribution in [0.1, 0.15) is 23.6 Å². The molecule has 0 aromatic heterocycles. The van der Waals surface area contributed by atoms with Crippen LogP contribution in [-0.4, -0.2) is 24.1 Å². The van der Waals surface area contributed by atoms with Crippen LogP contribution in [0.2, 0.25) is 0 Å². The Labute approximate surface area is 112 Å². The molecule has 1 rings (SSSR count). The lowest BCUT2D eigenvalue weighted by atomic mass is 10.0. The van der Waals surface area contributed by atoms with E-state index in [1.165, 1.54) is 6.92 Å². The molecule has 1 atom stereocenters. The van der Waals surface area contributed by atoms with Gasteiger partial charge in [-0.1, -0.05) is 6.07 Å². The third-order valence-electron chi connectivity index (χ3n) is 3.07. The van der Waals surface area contributed by atoms with Crippen LogP contribution in [0.15, 0.2) is 12.1 Å². The highest BCUT2D eigenvalue weighted by Gasteiger charge is 2.20. The van der Waals surface area contributed by atoms with Crippen molar-refractivity contribution in [2.24, 2.45) is 5.92 Å². The highest BCUT2D eigenvalue weighted by Crippen LogP contribution is 2.22. The van der Waals surface area contributed by atoms with E-state index in [2.05, 4.69) is 5.32 Å². The number of carbonyl (C=O) groups excluding carboxylic acids is 1. The van der Waals surface area contributed by atoms with E-state index < -0.39 is 17.8 Å². The number of hydrogen-bond acceptors (Lipinski definition) is 3. The van der Waals surface area contributed by atoms with Crippen molar-refractivity contribution >= 4 is 11.9 Å². The molecule has 0 saturated carbocycles. The van der Waals surface area contributed by atoms with Crippen LogP contribution in [0.5, 0.6) is 5.75 Å². The van der Waals surface area contributed by atoms with Gasteiger partial charge in [0.05, 0.1) is 7.11 Å². The molecule has 2 N–H and O–H groups in total. The molecule has 104 valence electrons. The van der Waals surface area contributed by atoms with Gasteiger partial charge >= 0.3 is 5.97 Å². The summed E-state index contributed by atoms with van der Waals surface area (Å²) in [7, 11) is 1.61. The summed E-state index contributed by atoms with van der Waals surface area (Å²) in [6.45, 7) is 5.52. The molecule has 1 aromatic rings. The molecule has 5 heteroatoms. The third-order valence-corrected chi connectivity index (χ3v) is 3.07. The predicted octanol–water partition coefficient (Wildman–Crippen LogP) is 1.65. The largest absolute Gasteiger partial charge is 0.496 e. The highest BCUT2D eigenvalue weighted by atomic mass is 16.5. The lowest BCUT2D eigenvalue weighted by Gasteiger charge is -2.13. The normalized spacial score (nSPS) is 11.8. The van der Waals surface area contributed by atoms with Gasteiger partial charge in [0.15, 0.2) is 0 Å². The maximum atomic E-state index is 11.6. The first kappa shape index (κ1) is 15.0. The first-order valence-corrected chi connectivity index (χ1v) is 6.01. The smallest absolute Gasteiger partial charge is 0.315 e. The number of aryl methyl sites for hydroxylation is 2. The maximum absolute atomic E-state index is 11.6. The average molecular weight is 265 g/mol. The van der Waals surface area contributed by atoms with Gasteiger partial charge in [-0.05, 0) is 43.5 Å². The Balaban J connectivity index is 2.76. The number of hydrogen-bond donors (Lipinski definition) is 2. The van der Waals surface area contributed by atoms with E-state index in [9.17, 15) is 9.59 Å². The lowest BCUT2D eigenvalue weighted by Crippen LogP contribution is -2.33. The van der Waals surface area contributed by atoms with Crippen LogP contribution >= 0.6 is 0 Å². The number of methoxy groups -OCH3 is 1. The second-order valence-electron chi connectivity index (χ2n) is 4.53. The zero-order valence-electron chi connectivity index (χ0n) is 11.6. The molecule has 0 spiro atoms. The van der Waals surface area contributed by atoms with E-state index in [-0.39, 0.29) is 0 Å². The second kappa shape index (κ2) is 6.22. The first-order chi connectivity index (χ1) is 8.86. The number of carboxylic acids is 1. The van der Waals surface area contributed by atoms with E-state index in [4.69, 9.17) is 9.84 Å². The Morgan fingerprint density at radius 3 is 2.47 bits per heavy atom. The van der Waals surface area contributed by atoms with Crippen molar-refractivity contribution in [2.75, 3.05) is 7.11 Å². The van der Waals surface area contributed by atoms with Crippen LogP contribution in [0.25, 0.3) is 0 Å². The fourth-order valence-electron chi connectivity index (χ4n) is 1.71. The summed E-state index contributed by atoms with van der Waals surface area (Å²) in [6.07, 6.45) is 0. The minimum Gasteiger partial charge on any atom is -0.496 e. The SMILES string of the molecule is COc1cc(C)c(CNC(=O)C(C)C(=O)O)cc1C. The zero-order chi connectivity index (χ0) is 14.6. The number of aliphatic carboxylic acids is 1. The van der Waals surface area contributed by atoms with Gasteiger partial charge in [0.25, 0.3) is 0 Å². The molecule has 0 radical (unpaired) electrons. The van der Waals surface area contributed by atoms with Crippen LogP contribution in [-0.2, 0) is 16.1 Å². The molecular weight excluding hydrogens is 246 g/mol. The number of rotatable bonds is 5. The molecule has 0 saturated heterocycles. The van der Waals surface area contributed by atoms with Gasteiger partial charge in [0.2, 0.25) is 5.91 Å². The van der Waals surface area contributed by atoms with Crippen molar-refractivity contribution < 1.29 is 19.4 Å². The molecular formula is C14H19NO4. The molecule has 0 aliphatic carbocycles. The van der Waals surface area contributed by atoms with Crippen molar-refractivity contribution in [3.63, 3.8) is 0 Å². The molecule has 0 fully saturated rings. The highest BCUT2D eigenvalue weighted by molar-refractivity contribution is 5.96. The standard InChI is InChI=1S/C14H19NO4/c1-8-6-12(19-4)9(2)5-11(8)7-15-13(16)10(3)14(17)18/h5-6,10H,7H2,1-4H3,(H,15,16)(H,17,18). The van der Waals surface area contributed by atoms with Crippen LogP contribution < -0.4 is 10.1 Å². The van der Waals surface area contributed by atoms with Crippen molar-refractivity contribution in [3.05, 3.63) is 28.8 Å². The molecule has 0 aliphatic heterocycles. The Morgan fingerprint density at radius 2 is 1.95 bits per heavy atom. The molecule has 0 bridgehead atoms. The monoisotopic (exact) mass is 265 g/mol. The van der Waals surface area contributed by atoms with Gasteiger partial charge in [-0.2, -0.15) is 0 Å². The molecule has 5 nitrogen and oxygen atoms in total. The van der Waals surface area contributed by atoms with E-state index >= 15 is 0 Å². The van der Waals surface area contributed by atoms with Gasteiger partial charge in [-0.15, -0.1) is 0 Å². The van der Waals surface area contributed by atoms with Gasteiger partial charge in [0, 0.05) is 6.54 Å². The fourth-order valence-corrected chi connectivity index (χ4v) is 1.71.